The fourth-order valence-corrected chi connectivity index (χ4v) is 3.29. The van der Waals surface area contributed by atoms with Crippen molar-refractivity contribution in [2.75, 3.05) is 13.3 Å². The summed E-state index contributed by atoms with van der Waals surface area (Å²) in [6.45, 7) is 0.379. The lowest BCUT2D eigenvalue weighted by molar-refractivity contribution is -0.384. The third-order valence-electron chi connectivity index (χ3n) is 3.50. The highest BCUT2D eigenvalue weighted by atomic mass is 32.2. The Morgan fingerprint density at radius 3 is 2.50 bits per heavy atom. The number of hydrogen-bond acceptors (Lipinski definition) is 6. The Balaban J connectivity index is 1.61. The zero-order valence-corrected chi connectivity index (χ0v) is 13.3. The first kappa shape index (κ1) is 16.2. The van der Waals surface area contributed by atoms with Gasteiger partial charge in [-0.1, -0.05) is 6.07 Å². The first-order valence-electron chi connectivity index (χ1n) is 7.08. The fourth-order valence-electron chi connectivity index (χ4n) is 2.26. The highest BCUT2D eigenvalue weighted by Gasteiger charge is 2.16. The minimum atomic E-state index is -3.71. The fraction of sp³-hybridized carbons (Fsp3) is 0.200. The molecule has 0 amide bonds. The van der Waals surface area contributed by atoms with Gasteiger partial charge in [-0.05, 0) is 36.2 Å². The van der Waals surface area contributed by atoms with Gasteiger partial charge in [0.15, 0.2) is 11.5 Å². The van der Waals surface area contributed by atoms with Crippen LogP contribution in [0.1, 0.15) is 5.56 Å². The second-order valence-corrected chi connectivity index (χ2v) is 6.85. The van der Waals surface area contributed by atoms with Gasteiger partial charge in [0.2, 0.25) is 16.8 Å². The molecule has 1 aliphatic rings. The molecule has 1 aliphatic heterocycles. The Kier molecular flexibility index (Phi) is 4.36. The number of benzene rings is 2. The summed E-state index contributed by atoms with van der Waals surface area (Å²) in [4.78, 5) is 10.00. The summed E-state index contributed by atoms with van der Waals surface area (Å²) in [5.41, 5.74) is 0.750. The van der Waals surface area contributed by atoms with Gasteiger partial charge in [0, 0.05) is 18.7 Å². The number of fused-ring (bicyclic) bond motifs is 1. The van der Waals surface area contributed by atoms with Gasteiger partial charge in [-0.3, -0.25) is 10.1 Å². The standard InChI is InChI=1S/C15H14N2O6S/c18-17(19)12-2-4-13(5-3-12)24(20,21)16-8-7-11-1-6-14-15(9-11)23-10-22-14/h1-6,9,16H,7-8,10H2. The SMILES string of the molecule is O=[N+]([O-])c1ccc(S(=O)(=O)NCCc2ccc3c(c2)OCO3)cc1. The first-order valence-corrected chi connectivity index (χ1v) is 8.57. The molecule has 2 aromatic carbocycles. The summed E-state index contributed by atoms with van der Waals surface area (Å²) in [5, 5.41) is 10.6. The van der Waals surface area contributed by atoms with Gasteiger partial charge in [0.1, 0.15) is 0 Å². The van der Waals surface area contributed by atoms with Crippen molar-refractivity contribution in [3.8, 4) is 11.5 Å². The van der Waals surface area contributed by atoms with Crippen LogP contribution in [0.2, 0.25) is 0 Å². The van der Waals surface area contributed by atoms with E-state index in [1.807, 2.05) is 12.1 Å². The Morgan fingerprint density at radius 2 is 1.79 bits per heavy atom. The van der Waals surface area contributed by atoms with Crippen molar-refractivity contribution in [3.63, 3.8) is 0 Å². The van der Waals surface area contributed by atoms with E-state index >= 15 is 0 Å². The molecule has 24 heavy (non-hydrogen) atoms. The predicted octanol–water partition coefficient (Wildman–Crippen LogP) is 1.84. The molecule has 0 aliphatic carbocycles. The topological polar surface area (TPSA) is 108 Å². The van der Waals surface area contributed by atoms with Crippen LogP contribution in [0.25, 0.3) is 0 Å². The smallest absolute Gasteiger partial charge is 0.269 e. The second kappa shape index (κ2) is 6.46. The number of sulfonamides is 1. The van der Waals surface area contributed by atoms with Crippen LogP contribution < -0.4 is 14.2 Å². The average Bonchev–Trinajstić information content (AvgIpc) is 3.02. The number of nitrogens with one attached hydrogen (secondary N) is 1. The summed E-state index contributed by atoms with van der Waals surface area (Å²) in [6.07, 6.45) is 0.475. The number of nitrogens with zero attached hydrogens (tertiary/aromatic N) is 1. The molecular weight excluding hydrogens is 336 g/mol. The number of hydrogen-bond donors (Lipinski definition) is 1. The molecule has 126 valence electrons. The lowest BCUT2D eigenvalue weighted by Crippen LogP contribution is -2.26. The predicted molar refractivity (Wildman–Crippen MR) is 84.6 cm³/mol. The van der Waals surface area contributed by atoms with Crippen LogP contribution in [0.5, 0.6) is 11.5 Å². The Hall–Kier alpha value is -2.65. The van der Waals surface area contributed by atoms with E-state index in [0.717, 1.165) is 17.7 Å². The summed E-state index contributed by atoms with van der Waals surface area (Å²) in [5.74, 6) is 1.32. The molecule has 0 spiro atoms. The van der Waals surface area contributed by atoms with Gasteiger partial charge in [-0.15, -0.1) is 0 Å². The zero-order chi connectivity index (χ0) is 17.2. The molecule has 0 aromatic heterocycles. The van der Waals surface area contributed by atoms with Crippen molar-refractivity contribution in [1.29, 1.82) is 0 Å². The van der Waals surface area contributed by atoms with Gasteiger partial charge in [0.05, 0.1) is 9.82 Å². The highest BCUT2D eigenvalue weighted by molar-refractivity contribution is 7.89. The van der Waals surface area contributed by atoms with Gasteiger partial charge in [-0.25, -0.2) is 13.1 Å². The molecule has 0 unspecified atom stereocenters. The molecule has 0 fully saturated rings. The maximum atomic E-state index is 12.2. The van der Waals surface area contributed by atoms with Crippen LogP contribution in [0.15, 0.2) is 47.4 Å². The van der Waals surface area contributed by atoms with Crippen molar-refractivity contribution in [1.82, 2.24) is 4.72 Å². The van der Waals surface area contributed by atoms with E-state index in [0.29, 0.717) is 17.9 Å². The van der Waals surface area contributed by atoms with E-state index in [1.54, 1.807) is 6.07 Å². The molecule has 1 heterocycles. The maximum Gasteiger partial charge on any atom is 0.269 e. The van der Waals surface area contributed by atoms with Crippen molar-refractivity contribution in [2.24, 2.45) is 0 Å². The van der Waals surface area contributed by atoms with Crippen LogP contribution in [0, 0.1) is 10.1 Å². The first-order chi connectivity index (χ1) is 11.5. The molecule has 1 N–H and O–H groups in total. The molecular formula is C15H14N2O6S. The van der Waals surface area contributed by atoms with E-state index in [1.165, 1.54) is 12.1 Å². The number of nitro groups is 1. The second-order valence-electron chi connectivity index (χ2n) is 5.09. The molecule has 0 radical (unpaired) electrons. The normalized spacial score (nSPS) is 13.0. The van der Waals surface area contributed by atoms with E-state index < -0.39 is 14.9 Å². The number of ether oxygens (including phenoxy) is 2. The molecule has 0 saturated heterocycles. The van der Waals surface area contributed by atoms with Crippen molar-refractivity contribution in [2.45, 2.75) is 11.3 Å². The van der Waals surface area contributed by atoms with Gasteiger partial charge < -0.3 is 9.47 Å². The van der Waals surface area contributed by atoms with Crippen LogP contribution in [-0.4, -0.2) is 26.7 Å². The minimum absolute atomic E-state index is 0.0150. The van der Waals surface area contributed by atoms with Crippen LogP contribution in [-0.2, 0) is 16.4 Å². The summed E-state index contributed by atoms with van der Waals surface area (Å²) >= 11 is 0. The van der Waals surface area contributed by atoms with Crippen molar-refractivity contribution < 1.29 is 22.8 Å². The molecule has 2 aromatic rings. The molecule has 9 heteroatoms. The quantitative estimate of drug-likeness (QED) is 0.629. The maximum absolute atomic E-state index is 12.2. The Morgan fingerprint density at radius 1 is 1.08 bits per heavy atom. The van der Waals surface area contributed by atoms with Crippen LogP contribution >= 0.6 is 0 Å². The number of rotatable bonds is 6. The van der Waals surface area contributed by atoms with E-state index in [9.17, 15) is 18.5 Å². The van der Waals surface area contributed by atoms with Crippen LogP contribution in [0.4, 0.5) is 5.69 Å². The Bertz CT molecular complexity index is 864. The summed E-state index contributed by atoms with van der Waals surface area (Å²) < 4.78 is 37.3. The lowest BCUT2D eigenvalue weighted by Gasteiger charge is -2.07. The molecule has 0 atom stereocenters. The molecule has 8 nitrogen and oxygen atoms in total. The van der Waals surface area contributed by atoms with Gasteiger partial charge in [0.25, 0.3) is 5.69 Å². The molecule has 3 rings (SSSR count). The highest BCUT2D eigenvalue weighted by Crippen LogP contribution is 2.32. The summed E-state index contributed by atoms with van der Waals surface area (Å²) in [7, 11) is -3.71. The number of non-ortho nitro benzene ring substituents is 1. The minimum Gasteiger partial charge on any atom is -0.454 e. The van der Waals surface area contributed by atoms with E-state index in [2.05, 4.69) is 4.72 Å². The van der Waals surface area contributed by atoms with Gasteiger partial charge >= 0.3 is 0 Å². The van der Waals surface area contributed by atoms with E-state index in [4.69, 9.17) is 9.47 Å². The van der Waals surface area contributed by atoms with E-state index in [-0.39, 0.29) is 23.9 Å². The number of nitro benzene ring substituents is 1. The third kappa shape index (κ3) is 3.47. The molecule has 0 saturated carbocycles. The summed E-state index contributed by atoms with van der Waals surface area (Å²) in [6, 6.07) is 10.2. The zero-order valence-electron chi connectivity index (χ0n) is 12.5. The van der Waals surface area contributed by atoms with Crippen molar-refractivity contribution in [3.05, 3.63) is 58.1 Å². The lowest BCUT2D eigenvalue weighted by atomic mass is 10.1. The molecule has 0 bridgehead atoms. The van der Waals surface area contributed by atoms with Gasteiger partial charge in [-0.2, -0.15) is 0 Å². The third-order valence-corrected chi connectivity index (χ3v) is 4.98. The average molecular weight is 350 g/mol. The van der Waals surface area contributed by atoms with Crippen LogP contribution in [0.3, 0.4) is 0 Å². The monoisotopic (exact) mass is 350 g/mol. The largest absolute Gasteiger partial charge is 0.454 e. The Labute approximate surface area is 138 Å². The van der Waals surface area contributed by atoms with Crippen molar-refractivity contribution >= 4 is 15.7 Å².